The number of hydrogen-bond acceptors (Lipinski definition) is 2. The molecule has 2 rings (SSSR count). The van der Waals surface area contributed by atoms with Gasteiger partial charge < -0.3 is 11.1 Å². The Kier molecular flexibility index (Phi) is 3.57. The average molecular weight is 218 g/mol. The van der Waals surface area contributed by atoms with Crippen LogP contribution in [0.4, 0.5) is 0 Å². The summed E-state index contributed by atoms with van der Waals surface area (Å²) in [7, 11) is 0. The van der Waals surface area contributed by atoms with Crippen LogP contribution in [-0.2, 0) is 11.2 Å². The third-order valence-corrected chi connectivity index (χ3v) is 3.17. The highest BCUT2D eigenvalue weighted by Gasteiger charge is 2.14. The highest BCUT2D eigenvalue weighted by Crippen LogP contribution is 2.25. The van der Waals surface area contributed by atoms with Crippen LogP contribution in [0.2, 0.25) is 0 Å². The number of benzene rings is 1. The minimum atomic E-state index is -0.269. The van der Waals surface area contributed by atoms with Crippen molar-refractivity contribution in [2.24, 2.45) is 5.73 Å². The zero-order valence-corrected chi connectivity index (χ0v) is 9.41. The van der Waals surface area contributed by atoms with E-state index in [0.717, 1.165) is 18.7 Å². The van der Waals surface area contributed by atoms with Crippen LogP contribution in [0.5, 0.6) is 0 Å². The number of amides is 1. The average Bonchev–Trinajstić information content (AvgIpc) is 2.30. The highest BCUT2D eigenvalue weighted by molar-refractivity contribution is 5.76. The summed E-state index contributed by atoms with van der Waals surface area (Å²) in [6.07, 6.45) is 2.75. The van der Waals surface area contributed by atoms with Gasteiger partial charge in [-0.15, -0.1) is 0 Å². The van der Waals surface area contributed by atoms with Gasteiger partial charge in [0.05, 0.1) is 6.42 Å². The van der Waals surface area contributed by atoms with Crippen molar-refractivity contribution in [3.63, 3.8) is 0 Å². The van der Waals surface area contributed by atoms with Gasteiger partial charge in [0.15, 0.2) is 0 Å². The predicted molar refractivity (Wildman–Crippen MR) is 64.2 cm³/mol. The van der Waals surface area contributed by atoms with Gasteiger partial charge in [0, 0.05) is 0 Å². The van der Waals surface area contributed by atoms with E-state index in [4.69, 9.17) is 5.73 Å². The van der Waals surface area contributed by atoms with Gasteiger partial charge in [-0.1, -0.05) is 24.3 Å². The number of rotatable bonds is 3. The van der Waals surface area contributed by atoms with Crippen molar-refractivity contribution in [1.29, 1.82) is 0 Å². The van der Waals surface area contributed by atoms with E-state index >= 15 is 0 Å². The number of nitrogens with one attached hydrogen (secondary N) is 1. The molecule has 0 unspecified atom stereocenters. The Morgan fingerprint density at radius 3 is 2.44 bits per heavy atom. The maximum absolute atomic E-state index is 10.8. The number of nitrogens with two attached hydrogens (primary N) is 1. The summed E-state index contributed by atoms with van der Waals surface area (Å²) in [6, 6.07) is 8.30. The van der Waals surface area contributed by atoms with Crippen molar-refractivity contribution >= 4 is 5.91 Å². The van der Waals surface area contributed by atoms with Gasteiger partial charge in [-0.05, 0) is 43.0 Å². The number of carbonyl (C=O) groups is 1. The van der Waals surface area contributed by atoms with Crippen LogP contribution in [0.25, 0.3) is 0 Å². The molecule has 1 heterocycles. The lowest BCUT2D eigenvalue weighted by molar-refractivity contribution is -0.117. The third kappa shape index (κ3) is 2.83. The molecule has 3 N–H and O–H groups in total. The van der Waals surface area contributed by atoms with Crippen molar-refractivity contribution in [2.45, 2.75) is 25.2 Å². The molecule has 1 aliphatic heterocycles. The fourth-order valence-electron chi connectivity index (χ4n) is 2.26. The molecule has 0 saturated carbocycles. The molecule has 1 aromatic carbocycles. The minimum Gasteiger partial charge on any atom is -0.369 e. The van der Waals surface area contributed by atoms with Crippen LogP contribution >= 0.6 is 0 Å². The fourth-order valence-corrected chi connectivity index (χ4v) is 2.26. The normalized spacial score (nSPS) is 17.2. The molecule has 1 fully saturated rings. The largest absolute Gasteiger partial charge is 0.369 e. The molecule has 1 saturated heterocycles. The van der Waals surface area contributed by atoms with E-state index in [9.17, 15) is 4.79 Å². The Bertz CT molecular complexity index is 353. The summed E-state index contributed by atoms with van der Waals surface area (Å²) in [5.74, 6) is 0.401. The summed E-state index contributed by atoms with van der Waals surface area (Å²) in [4.78, 5) is 10.8. The van der Waals surface area contributed by atoms with Crippen molar-refractivity contribution in [1.82, 2.24) is 5.32 Å². The first-order valence-corrected chi connectivity index (χ1v) is 5.83. The predicted octanol–water partition coefficient (Wildman–Crippen LogP) is 1.18. The Balaban J connectivity index is 2.03. The molecule has 0 atom stereocenters. The van der Waals surface area contributed by atoms with E-state index in [1.807, 2.05) is 12.1 Å². The number of hydrogen-bond donors (Lipinski definition) is 2. The van der Waals surface area contributed by atoms with Crippen LogP contribution in [0.1, 0.15) is 29.9 Å². The monoisotopic (exact) mass is 218 g/mol. The first-order valence-electron chi connectivity index (χ1n) is 5.83. The smallest absolute Gasteiger partial charge is 0.221 e. The second-order valence-corrected chi connectivity index (χ2v) is 4.41. The van der Waals surface area contributed by atoms with Crippen LogP contribution in [0.3, 0.4) is 0 Å². The van der Waals surface area contributed by atoms with E-state index in [1.54, 1.807) is 0 Å². The molecular weight excluding hydrogens is 200 g/mol. The van der Waals surface area contributed by atoms with Gasteiger partial charge in [0.1, 0.15) is 0 Å². The van der Waals surface area contributed by atoms with E-state index in [0.29, 0.717) is 12.3 Å². The van der Waals surface area contributed by atoms with E-state index in [2.05, 4.69) is 17.4 Å². The Hall–Kier alpha value is -1.35. The summed E-state index contributed by atoms with van der Waals surface area (Å²) >= 11 is 0. The lowest BCUT2D eigenvalue weighted by atomic mass is 9.89. The maximum atomic E-state index is 10.8. The van der Waals surface area contributed by atoms with Gasteiger partial charge in [0.25, 0.3) is 0 Å². The first-order chi connectivity index (χ1) is 7.75. The molecule has 3 nitrogen and oxygen atoms in total. The molecule has 1 amide bonds. The number of carbonyl (C=O) groups excluding carboxylic acids is 1. The molecule has 1 aliphatic rings. The Morgan fingerprint density at radius 2 is 1.88 bits per heavy atom. The van der Waals surface area contributed by atoms with Gasteiger partial charge in [-0.3, -0.25) is 4.79 Å². The summed E-state index contributed by atoms with van der Waals surface area (Å²) in [6.45, 7) is 2.21. The second kappa shape index (κ2) is 5.12. The van der Waals surface area contributed by atoms with Crippen LogP contribution in [0.15, 0.2) is 24.3 Å². The molecule has 0 spiro atoms. The van der Waals surface area contributed by atoms with Crippen LogP contribution in [-0.4, -0.2) is 19.0 Å². The quantitative estimate of drug-likeness (QED) is 0.800. The fraction of sp³-hybridized carbons (Fsp3) is 0.462. The van der Waals surface area contributed by atoms with E-state index in [1.165, 1.54) is 18.4 Å². The second-order valence-electron chi connectivity index (χ2n) is 4.41. The van der Waals surface area contributed by atoms with Crippen molar-refractivity contribution in [3.8, 4) is 0 Å². The van der Waals surface area contributed by atoms with E-state index in [-0.39, 0.29) is 5.91 Å². The lowest BCUT2D eigenvalue weighted by Crippen LogP contribution is -2.26. The summed E-state index contributed by atoms with van der Waals surface area (Å²) < 4.78 is 0. The van der Waals surface area contributed by atoms with E-state index < -0.39 is 0 Å². The zero-order chi connectivity index (χ0) is 11.4. The van der Waals surface area contributed by atoms with Gasteiger partial charge >= 0.3 is 0 Å². The van der Waals surface area contributed by atoms with Crippen molar-refractivity contribution < 1.29 is 4.79 Å². The van der Waals surface area contributed by atoms with Crippen LogP contribution in [0, 0.1) is 0 Å². The van der Waals surface area contributed by atoms with Gasteiger partial charge in [-0.2, -0.15) is 0 Å². The topological polar surface area (TPSA) is 55.1 Å². The molecule has 16 heavy (non-hydrogen) atoms. The molecule has 1 aromatic rings. The molecule has 0 bridgehead atoms. The molecule has 3 heteroatoms. The Morgan fingerprint density at radius 1 is 1.25 bits per heavy atom. The van der Waals surface area contributed by atoms with Crippen molar-refractivity contribution in [3.05, 3.63) is 35.4 Å². The zero-order valence-electron chi connectivity index (χ0n) is 9.41. The van der Waals surface area contributed by atoms with Crippen LogP contribution < -0.4 is 11.1 Å². The summed E-state index contributed by atoms with van der Waals surface area (Å²) in [5.41, 5.74) is 7.55. The lowest BCUT2D eigenvalue weighted by Gasteiger charge is -2.23. The standard InChI is InChI=1S/C13H18N2O/c14-13(16)9-10-1-3-11(4-2-10)12-5-7-15-8-6-12/h1-4,12,15H,5-9H2,(H2,14,16). The minimum absolute atomic E-state index is 0.269. The summed E-state index contributed by atoms with van der Waals surface area (Å²) in [5, 5.41) is 3.36. The van der Waals surface area contributed by atoms with Gasteiger partial charge in [-0.25, -0.2) is 0 Å². The van der Waals surface area contributed by atoms with Crippen molar-refractivity contribution in [2.75, 3.05) is 13.1 Å². The number of piperidine rings is 1. The van der Waals surface area contributed by atoms with Gasteiger partial charge in [0.2, 0.25) is 5.91 Å². The molecule has 0 aliphatic carbocycles. The Labute approximate surface area is 96.0 Å². The molecule has 0 aromatic heterocycles. The molecule has 86 valence electrons. The highest BCUT2D eigenvalue weighted by atomic mass is 16.1. The molecular formula is C13H18N2O. The maximum Gasteiger partial charge on any atom is 0.221 e. The molecule has 0 radical (unpaired) electrons. The SMILES string of the molecule is NC(=O)Cc1ccc(C2CCNCC2)cc1. The third-order valence-electron chi connectivity index (χ3n) is 3.17. The number of primary amides is 1. The first kappa shape index (κ1) is 11.1.